The number of likely N-dealkylation sites (tertiary alicyclic amines) is 1. The summed E-state index contributed by atoms with van der Waals surface area (Å²) in [6.07, 6.45) is 4.17. The van der Waals surface area contributed by atoms with Crippen LogP contribution < -0.4 is 5.63 Å². The smallest absolute Gasteiger partial charge is 0.349 e. The lowest BCUT2D eigenvalue weighted by Gasteiger charge is -2.40. The Balaban J connectivity index is 1.32. The molecule has 5 nitrogen and oxygen atoms in total. The van der Waals surface area contributed by atoms with Crippen molar-refractivity contribution in [2.75, 3.05) is 20.1 Å². The van der Waals surface area contributed by atoms with Crippen LogP contribution in [0.15, 0.2) is 63.8 Å². The zero-order chi connectivity index (χ0) is 20.7. The van der Waals surface area contributed by atoms with Crippen molar-refractivity contribution >= 4 is 16.9 Å². The standard InChI is InChI=1S/C25H26N2O3/c1-26(24(28)22-15-19-9-4-5-11-23(19)30-25(22)29)20-10-6-12-27(16-20)21-13-17-7-2-3-8-18(17)14-21/h2-5,7-9,11,15,20-21H,6,10,12-14,16H2,1H3/t20-/m1/s1. The second-order valence-corrected chi connectivity index (χ2v) is 8.52. The molecule has 2 aliphatic rings. The highest BCUT2D eigenvalue weighted by molar-refractivity contribution is 5.96. The number of hydrogen-bond donors (Lipinski definition) is 0. The Morgan fingerprint density at radius 1 is 1.07 bits per heavy atom. The maximum Gasteiger partial charge on any atom is 0.349 e. The van der Waals surface area contributed by atoms with Gasteiger partial charge in [0.2, 0.25) is 0 Å². The van der Waals surface area contributed by atoms with Crippen molar-refractivity contribution < 1.29 is 9.21 Å². The fourth-order valence-electron chi connectivity index (χ4n) is 4.99. The van der Waals surface area contributed by atoms with Gasteiger partial charge >= 0.3 is 5.63 Å². The van der Waals surface area contributed by atoms with Crippen LogP contribution in [0.1, 0.15) is 34.3 Å². The number of nitrogens with zero attached hydrogens (tertiary/aromatic N) is 2. The summed E-state index contributed by atoms with van der Waals surface area (Å²) < 4.78 is 5.38. The van der Waals surface area contributed by atoms with Gasteiger partial charge in [0, 0.05) is 31.1 Å². The van der Waals surface area contributed by atoms with E-state index in [2.05, 4.69) is 29.2 Å². The Morgan fingerprint density at radius 3 is 2.53 bits per heavy atom. The average Bonchev–Trinajstić information content (AvgIpc) is 3.22. The van der Waals surface area contributed by atoms with E-state index in [9.17, 15) is 9.59 Å². The van der Waals surface area contributed by atoms with Crippen molar-refractivity contribution in [3.05, 3.63) is 81.7 Å². The zero-order valence-corrected chi connectivity index (χ0v) is 17.2. The molecule has 0 saturated carbocycles. The molecule has 1 aliphatic carbocycles. The number of hydrogen-bond acceptors (Lipinski definition) is 4. The van der Waals surface area contributed by atoms with Crippen LogP contribution in [0.2, 0.25) is 0 Å². The predicted molar refractivity (Wildman–Crippen MR) is 117 cm³/mol. The van der Waals surface area contributed by atoms with E-state index in [0.29, 0.717) is 11.6 Å². The van der Waals surface area contributed by atoms with Crippen LogP contribution in [-0.4, -0.2) is 47.9 Å². The van der Waals surface area contributed by atoms with E-state index in [1.165, 1.54) is 11.1 Å². The summed E-state index contributed by atoms with van der Waals surface area (Å²) in [4.78, 5) is 29.9. The van der Waals surface area contributed by atoms with Crippen LogP contribution in [-0.2, 0) is 12.8 Å². The molecule has 1 saturated heterocycles. The third-order valence-corrected chi connectivity index (χ3v) is 6.71. The van der Waals surface area contributed by atoms with Crippen molar-refractivity contribution in [2.45, 2.75) is 37.8 Å². The van der Waals surface area contributed by atoms with Gasteiger partial charge in [-0.1, -0.05) is 42.5 Å². The van der Waals surface area contributed by atoms with E-state index in [1.54, 1.807) is 17.0 Å². The molecule has 0 unspecified atom stereocenters. The number of benzene rings is 2. The first-order valence-corrected chi connectivity index (χ1v) is 10.7. The van der Waals surface area contributed by atoms with Gasteiger partial charge in [0.1, 0.15) is 11.1 Å². The summed E-state index contributed by atoms with van der Waals surface area (Å²) in [5.74, 6) is -0.254. The predicted octanol–water partition coefficient (Wildman–Crippen LogP) is 3.50. The van der Waals surface area contributed by atoms with E-state index in [-0.39, 0.29) is 17.5 Å². The highest BCUT2D eigenvalue weighted by Gasteiger charge is 2.33. The van der Waals surface area contributed by atoms with E-state index in [4.69, 9.17) is 4.42 Å². The Bertz CT molecular complexity index is 1130. The van der Waals surface area contributed by atoms with Crippen LogP contribution in [0.4, 0.5) is 0 Å². The van der Waals surface area contributed by atoms with Crippen LogP contribution in [0.5, 0.6) is 0 Å². The largest absolute Gasteiger partial charge is 0.422 e. The molecule has 1 aromatic heterocycles. The van der Waals surface area contributed by atoms with E-state index in [0.717, 1.165) is 44.2 Å². The molecule has 1 atom stereocenters. The molecule has 0 spiro atoms. The molecule has 154 valence electrons. The van der Waals surface area contributed by atoms with Crippen molar-refractivity contribution in [1.82, 2.24) is 9.80 Å². The summed E-state index contributed by atoms with van der Waals surface area (Å²) in [5, 5.41) is 0.767. The van der Waals surface area contributed by atoms with Crippen molar-refractivity contribution in [3.63, 3.8) is 0 Å². The third kappa shape index (κ3) is 3.43. The van der Waals surface area contributed by atoms with E-state index in [1.807, 2.05) is 25.2 Å². The second kappa shape index (κ2) is 7.73. The SMILES string of the molecule is CN(C(=O)c1cc2ccccc2oc1=O)[C@@H]1CCCN(C2Cc3ccccc3C2)C1. The Morgan fingerprint density at radius 2 is 1.77 bits per heavy atom. The highest BCUT2D eigenvalue weighted by atomic mass is 16.4. The fraction of sp³-hybridized carbons (Fsp3) is 0.360. The summed E-state index contributed by atoms with van der Waals surface area (Å²) in [6.45, 7) is 1.91. The summed E-state index contributed by atoms with van der Waals surface area (Å²) in [5.41, 5.74) is 2.95. The molecule has 0 bridgehead atoms. The lowest BCUT2D eigenvalue weighted by molar-refractivity contribution is 0.0552. The minimum absolute atomic E-state index is 0.0980. The van der Waals surface area contributed by atoms with Crippen LogP contribution in [0.3, 0.4) is 0 Å². The number of likely N-dealkylation sites (N-methyl/N-ethyl adjacent to an activating group) is 1. The second-order valence-electron chi connectivity index (χ2n) is 8.52. The van der Waals surface area contributed by atoms with Gasteiger partial charge in [-0.15, -0.1) is 0 Å². The van der Waals surface area contributed by atoms with Gasteiger partial charge in [-0.25, -0.2) is 4.79 Å². The number of amides is 1. The number of rotatable bonds is 3. The molecule has 1 aliphatic heterocycles. The molecule has 3 aromatic rings. The zero-order valence-electron chi connectivity index (χ0n) is 17.2. The molecule has 1 amide bonds. The summed E-state index contributed by atoms with van der Waals surface area (Å²) >= 11 is 0. The molecule has 2 heterocycles. The van der Waals surface area contributed by atoms with Gasteiger partial charge in [-0.2, -0.15) is 0 Å². The number of carbonyl (C=O) groups is 1. The number of piperidine rings is 1. The quantitative estimate of drug-likeness (QED) is 0.630. The van der Waals surface area contributed by atoms with Gasteiger partial charge in [0.05, 0.1) is 0 Å². The van der Waals surface area contributed by atoms with Gasteiger partial charge < -0.3 is 9.32 Å². The lowest BCUT2D eigenvalue weighted by Crippen LogP contribution is -2.52. The van der Waals surface area contributed by atoms with Crippen molar-refractivity contribution in [1.29, 1.82) is 0 Å². The number of fused-ring (bicyclic) bond motifs is 2. The van der Waals surface area contributed by atoms with Crippen LogP contribution in [0.25, 0.3) is 11.0 Å². The van der Waals surface area contributed by atoms with E-state index < -0.39 is 5.63 Å². The van der Waals surface area contributed by atoms with Gasteiger partial charge in [0.15, 0.2) is 0 Å². The van der Waals surface area contributed by atoms with Crippen molar-refractivity contribution in [3.8, 4) is 0 Å². The number of carbonyl (C=O) groups excluding carboxylic acids is 1. The summed E-state index contributed by atoms with van der Waals surface area (Å²) in [6, 6.07) is 18.2. The highest BCUT2D eigenvalue weighted by Crippen LogP contribution is 2.28. The van der Waals surface area contributed by atoms with Crippen LogP contribution in [0, 0.1) is 0 Å². The topological polar surface area (TPSA) is 53.8 Å². The van der Waals surface area contributed by atoms with Crippen molar-refractivity contribution in [2.24, 2.45) is 0 Å². The first-order chi connectivity index (χ1) is 14.6. The molecule has 5 heteroatoms. The van der Waals surface area contributed by atoms with Crippen LogP contribution >= 0.6 is 0 Å². The molecule has 1 fully saturated rings. The lowest BCUT2D eigenvalue weighted by atomic mass is 10.0. The Hall–Kier alpha value is -2.92. The monoisotopic (exact) mass is 402 g/mol. The van der Waals surface area contributed by atoms with Gasteiger partial charge in [-0.05, 0) is 55.5 Å². The van der Waals surface area contributed by atoms with Gasteiger partial charge in [-0.3, -0.25) is 9.69 Å². The summed E-state index contributed by atoms with van der Waals surface area (Å²) in [7, 11) is 1.81. The fourth-order valence-corrected chi connectivity index (χ4v) is 4.99. The first-order valence-electron chi connectivity index (χ1n) is 10.7. The Labute approximate surface area is 175 Å². The van der Waals surface area contributed by atoms with Gasteiger partial charge in [0.25, 0.3) is 5.91 Å². The first kappa shape index (κ1) is 19.1. The minimum atomic E-state index is -0.565. The molecular weight excluding hydrogens is 376 g/mol. The molecule has 0 radical (unpaired) electrons. The minimum Gasteiger partial charge on any atom is -0.422 e. The van der Waals surface area contributed by atoms with E-state index >= 15 is 0 Å². The molecular formula is C25H26N2O3. The Kier molecular flexibility index (Phi) is 4.91. The normalized spacial score (nSPS) is 19.7. The molecule has 2 aromatic carbocycles. The third-order valence-electron chi connectivity index (χ3n) is 6.71. The average molecular weight is 402 g/mol. The maximum atomic E-state index is 13.2. The maximum absolute atomic E-state index is 13.2. The molecule has 5 rings (SSSR count). The molecule has 30 heavy (non-hydrogen) atoms. The number of para-hydroxylation sites is 1. The molecule has 0 N–H and O–H groups in total.